The van der Waals surface area contributed by atoms with E-state index in [1.807, 2.05) is 13.8 Å². The Balaban J connectivity index is 1.52. The van der Waals surface area contributed by atoms with Gasteiger partial charge in [-0.15, -0.1) is 0 Å². The molecule has 0 amide bonds. The topological polar surface area (TPSA) is 66.8 Å². The molecule has 0 aromatic rings. The number of ether oxygens (including phenoxy) is 1. The van der Waals surface area contributed by atoms with E-state index in [0.717, 1.165) is 32.1 Å². The maximum atomic E-state index is 12.1. The molecule has 0 aromatic heterocycles. The molecule has 0 aliphatic heterocycles. The molecule has 31 heavy (non-hydrogen) atoms. The quantitative estimate of drug-likeness (QED) is 0.573. The summed E-state index contributed by atoms with van der Waals surface area (Å²) in [4.78, 5) is 12.1. The van der Waals surface area contributed by atoms with Crippen molar-refractivity contribution in [1.82, 2.24) is 0 Å². The summed E-state index contributed by atoms with van der Waals surface area (Å²) in [6.45, 7) is 10.8. The van der Waals surface area contributed by atoms with Crippen LogP contribution in [0.5, 0.6) is 0 Å². The molecule has 0 radical (unpaired) electrons. The fourth-order valence-electron chi connectivity index (χ4n) is 9.06. The van der Waals surface area contributed by atoms with Crippen molar-refractivity contribution in [2.75, 3.05) is 0 Å². The summed E-state index contributed by atoms with van der Waals surface area (Å²) in [5, 5.41) is 23.0. The molecule has 4 aliphatic carbocycles. The average Bonchev–Trinajstić information content (AvgIpc) is 3.05. The van der Waals surface area contributed by atoms with E-state index in [1.54, 1.807) is 0 Å². The Morgan fingerprint density at radius 2 is 1.77 bits per heavy atom. The van der Waals surface area contributed by atoms with Gasteiger partial charge in [0.2, 0.25) is 0 Å². The van der Waals surface area contributed by atoms with Gasteiger partial charge in [-0.05, 0) is 105 Å². The van der Waals surface area contributed by atoms with Gasteiger partial charge in [0.25, 0.3) is 0 Å². The third-order valence-corrected chi connectivity index (χ3v) is 10.6. The van der Waals surface area contributed by atoms with Crippen LogP contribution in [0.2, 0.25) is 0 Å². The third-order valence-electron chi connectivity index (χ3n) is 10.6. The van der Waals surface area contributed by atoms with E-state index in [2.05, 4.69) is 20.8 Å². The van der Waals surface area contributed by atoms with Crippen LogP contribution in [-0.4, -0.2) is 34.5 Å². The van der Waals surface area contributed by atoms with Crippen molar-refractivity contribution < 1.29 is 19.7 Å². The lowest BCUT2D eigenvalue weighted by molar-refractivity contribution is -0.201. The van der Waals surface area contributed by atoms with Crippen LogP contribution in [0.1, 0.15) is 98.8 Å². The Bertz CT molecular complexity index is 662. The summed E-state index contributed by atoms with van der Waals surface area (Å²) in [5.41, 5.74) is 0.135. The van der Waals surface area contributed by atoms with Crippen molar-refractivity contribution in [3.8, 4) is 0 Å². The number of rotatable bonds is 5. The standard InChI is InChI=1S/C27H46O4/c1-16(2)31-24(30)12-9-17(3)19-10-11-20-25-21(15-23(29)27(19,20)5)26(4)13-7-6-8-18(26)14-22(25)28/h16-23,25,28-29H,6-15H2,1-5H3. The first kappa shape index (κ1) is 23.5. The van der Waals surface area contributed by atoms with E-state index in [1.165, 1.54) is 25.7 Å². The maximum Gasteiger partial charge on any atom is 0.306 e. The predicted octanol–water partition coefficient (Wildman–Crippen LogP) is 5.34. The molecule has 0 heterocycles. The Kier molecular flexibility index (Phi) is 6.55. The van der Waals surface area contributed by atoms with Crippen LogP contribution in [-0.2, 0) is 9.53 Å². The molecule has 10 atom stereocenters. The molecule has 4 heteroatoms. The normalized spacial score (nSPS) is 47.9. The second kappa shape index (κ2) is 8.63. The lowest BCUT2D eigenvalue weighted by atomic mass is 9.43. The van der Waals surface area contributed by atoms with Crippen molar-refractivity contribution in [1.29, 1.82) is 0 Å². The molecule has 10 unspecified atom stereocenters. The van der Waals surface area contributed by atoms with Crippen LogP contribution in [0.3, 0.4) is 0 Å². The Morgan fingerprint density at radius 1 is 1.03 bits per heavy atom. The SMILES string of the molecule is CC(C)OC(=O)CCC(C)C1CCC2C3C(O)CC4CCCCC4(C)C3CC(O)C12C. The van der Waals surface area contributed by atoms with Crippen LogP contribution < -0.4 is 0 Å². The Morgan fingerprint density at radius 3 is 2.48 bits per heavy atom. The summed E-state index contributed by atoms with van der Waals surface area (Å²) < 4.78 is 5.34. The zero-order chi connectivity index (χ0) is 22.6. The smallest absolute Gasteiger partial charge is 0.306 e. The lowest BCUT2D eigenvalue weighted by Gasteiger charge is -2.63. The van der Waals surface area contributed by atoms with Crippen LogP contribution in [0.15, 0.2) is 0 Å². The molecule has 2 N–H and O–H groups in total. The molecule has 0 aromatic carbocycles. The highest BCUT2D eigenvalue weighted by molar-refractivity contribution is 5.69. The highest BCUT2D eigenvalue weighted by Crippen LogP contribution is 2.68. The molecular formula is C27H46O4. The van der Waals surface area contributed by atoms with E-state index in [0.29, 0.717) is 41.9 Å². The zero-order valence-electron chi connectivity index (χ0n) is 20.5. The predicted molar refractivity (Wildman–Crippen MR) is 122 cm³/mol. The molecule has 4 saturated carbocycles. The maximum absolute atomic E-state index is 12.1. The highest BCUT2D eigenvalue weighted by Gasteiger charge is 2.65. The van der Waals surface area contributed by atoms with Gasteiger partial charge in [0.1, 0.15) is 0 Å². The van der Waals surface area contributed by atoms with Crippen molar-refractivity contribution >= 4 is 5.97 Å². The second-order valence-corrected chi connectivity index (χ2v) is 12.4. The third kappa shape index (κ3) is 3.88. The van der Waals surface area contributed by atoms with E-state index in [9.17, 15) is 15.0 Å². The van der Waals surface area contributed by atoms with Gasteiger partial charge in [-0.25, -0.2) is 0 Å². The molecule has 0 spiro atoms. The van der Waals surface area contributed by atoms with Crippen molar-refractivity contribution in [2.45, 2.75) is 117 Å². The molecule has 4 rings (SSSR count). The van der Waals surface area contributed by atoms with Crippen LogP contribution in [0.4, 0.5) is 0 Å². The summed E-state index contributed by atoms with van der Waals surface area (Å²) >= 11 is 0. The number of aliphatic hydroxyl groups excluding tert-OH is 2. The van der Waals surface area contributed by atoms with E-state index in [4.69, 9.17) is 4.74 Å². The van der Waals surface area contributed by atoms with Gasteiger partial charge >= 0.3 is 5.97 Å². The largest absolute Gasteiger partial charge is 0.463 e. The van der Waals surface area contributed by atoms with Gasteiger partial charge < -0.3 is 14.9 Å². The van der Waals surface area contributed by atoms with Crippen molar-refractivity contribution in [3.63, 3.8) is 0 Å². The molecule has 4 fully saturated rings. The molecule has 4 aliphatic rings. The van der Waals surface area contributed by atoms with Crippen LogP contribution in [0, 0.1) is 46.3 Å². The van der Waals surface area contributed by atoms with Crippen LogP contribution >= 0.6 is 0 Å². The monoisotopic (exact) mass is 434 g/mol. The minimum Gasteiger partial charge on any atom is -0.463 e. The zero-order valence-corrected chi connectivity index (χ0v) is 20.5. The second-order valence-electron chi connectivity index (χ2n) is 12.4. The first-order chi connectivity index (χ1) is 14.6. The van der Waals surface area contributed by atoms with Gasteiger partial charge in [-0.1, -0.05) is 33.6 Å². The first-order valence-electron chi connectivity index (χ1n) is 13.1. The molecule has 0 bridgehead atoms. The average molecular weight is 435 g/mol. The fourth-order valence-corrected chi connectivity index (χ4v) is 9.06. The number of esters is 1. The minimum atomic E-state index is -0.305. The lowest BCUT2D eigenvalue weighted by Crippen LogP contribution is -2.61. The van der Waals surface area contributed by atoms with Crippen molar-refractivity contribution in [3.05, 3.63) is 0 Å². The van der Waals surface area contributed by atoms with Gasteiger partial charge in [-0.2, -0.15) is 0 Å². The summed E-state index contributed by atoms with van der Waals surface area (Å²) in [7, 11) is 0. The number of fused-ring (bicyclic) bond motifs is 5. The molecule has 0 saturated heterocycles. The molecule has 178 valence electrons. The van der Waals surface area contributed by atoms with Gasteiger partial charge in [0.05, 0.1) is 18.3 Å². The number of hydrogen-bond acceptors (Lipinski definition) is 4. The van der Waals surface area contributed by atoms with Gasteiger partial charge in [0.15, 0.2) is 0 Å². The van der Waals surface area contributed by atoms with E-state index in [-0.39, 0.29) is 35.1 Å². The highest BCUT2D eigenvalue weighted by atomic mass is 16.5. The van der Waals surface area contributed by atoms with Crippen molar-refractivity contribution in [2.24, 2.45) is 46.3 Å². The molecule has 4 nitrogen and oxygen atoms in total. The van der Waals surface area contributed by atoms with Gasteiger partial charge in [0, 0.05) is 6.42 Å². The summed E-state index contributed by atoms with van der Waals surface area (Å²) in [6.07, 6.45) is 9.83. The summed E-state index contributed by atoms with van der Waals surface area (Å²) in [6, 6.07) is 0. The number of aliphatic hydroxyl groups is 2. The number of hydrogen-bond donors (Lipinski definition) is 2. The number of carbonyl (C=O) groups is 1. The fraction of sp³-hybridized carbons (Fsp3) is 0.963. The number of carbonyl (C=O) groups excluding carboxylic acids is 1. The Labute approximate surface area is 189 Å². The minimum absolute atomic E-state index is 0.0638. The summed E-state index contributed by atoms with van der Waals surface area (Å²) in [5.74, 6) is 2.47. The Hall–Kier alpha value is -0.610. The van der Waals surface area contributed by atoms with E-state index >= 15 is 0 Å². The van der Waals surface area contributed by atoms with Gasteiger partial charge in [-0.3, -0.25) is 4.79 Å². The van der Waals surface area contributed by atoms with E-state index < -0.39 is 0 Å². The molecular weight excluding hydrogens is 388 g/mol. The first-order valence-corrected chi connectivity index (χ1v) is 13.1. The van der Waals surface area contributed by atoms with Crippen LogP contribution in [0.25, 0.3) is 0 Å².